The zero-order valence-corrected chi connectivity index (χ0v) is 24.1. The van der Waals surface area contributed by atoms with Crippen LogP contribution in [0.25, 0.3) is 0 Å². The maximum Gasteiger partial charge on any atom is 0.422 e. The summed E-state index contributed by atoms with van der Waals surface area (Å²) >= 11 is 0. The van der Waals surface area contributed by atoms with Crippen molar-refractivity contribution in [2.24, 2.45) is 0 Å². The van der Waals surface area contributed by atoms with Gasteiger partial charge in [0.05, 0.1) is 10.5 Å². The van der Waals surface area contributed by atoms with Crippen LogP contribution in [-0.4, -0.2) is 84.5 Å². The fourth-order valence-corrected chi connectivity index (χ4v) is 5.66. The van der Waals surface area contributed by atoms with Crippen LogP contribution >= 0.6 is 0 Å². The quantitative estimate of drug-likeness (QED) is 0.322. The maximum absolute atomic E-state index is 13.2. The van der Waals surface area contributed by atoms with Gasteiger partial charge in [0.2, 0.25) is 21.9 Å². The third-order valence-electron chi connectivity index (χ3n) is 6.36. The summed E-state index contributed by atoms with van der Waals surface area (Å²) in [7, 11) is -0.730. The van der Waals surface area contributed by atoms with Crippen molar-refractivity contribution in [2.45, 2.75) is 36.1 Å². The Labute approximate surface area is 248 Å². The van der Waals surface area contributed by atoms with Gasteiger partial charge in [-0.15, -0.1) is 0 Å². The second kappa shape index (κ2) is 12.8. The number of carbonyl (C=O) groups excluding carboxylic acids is 1. The van der Waals surface area contributed by atoms with Crippen molar-refractivity contribution in [3.63, 3.8) is 0 Å². The monoisotopic (exact) mass is 647 g/mol. The summed E-state index contributed by atoms with van der Waals surface area (Å²) in [6, 6.07) is 8.44. The lowest BCUT2D eigenvalue weighted by molar-refractivity contribution is -0.154. The van der Waals surface area contributed by atoms with Crippen molar-refractivity contribution in [3.8, 4) is 6.01 Å². The smallest absolute Gasteiger partial charge is 0.422 e. The van der Waals surface area contributed by atoms with Crippen molar-refractivity contribution in [1.82, 2.24) is 24.2 Å². The summed E-state index contributed by atoms with van der Waals surface area (Å²) in [6.45, 7) is -1.56. The molecule has 2 aromatic carbocycles. The van der Waals surface area contributed by atoms with Crippen molar-refractivity contribution < 1.29 is 44.3 Å². The molecule has 0 aliphatic carbocycles. The minimum Gasteiger partial charge on any atom is -0.454 e. The fraction of sp³-hybridized carbons (Fsp3) is 0.385. The molecule has 44 heavy (non-hydrogen) atoms. The second-order valence-electron chi connectivity index (χ2n) is 9.92. The molecule has 1 amide bonds. The van der Waals surface area contributed by atoms with Crippen molar-refractivity contribution in [1.29, 1.82) is 0 Å². The van der Waals surface area contributed by atoms with Gasteiger partial charge in [-0.25, -0.2) is 8.42 Å². The zero-order valence-electron chi connectivity index (χ0n) is 23.3. The lowest BCUT2D eigenvalue weighted by Gasteiger charge is -2.31. The first-order valence-electron chi connectivity index (χ1n) is 13.0. The minimum absolute atomic E-state index is 0.00782. The average Bonchev–Trinajstić information content (AvgIpc) is 2.95. The number of alkyl halides is 6. The van der Waals surface area contributed by atoms with Crippen LogP contribution in [0.1, 0.15) is 28.8 Å². The molecule has 1 aromatic heterocycles. The average molecular weight is 648 g/mol. The van der Waals surface area contributed by atoms with E-state index in [-0.39, 0.29) is 54.3 Å². The first-order chi connectivity index (χ1) is 20.5. The summed E-state index contributed by atoms with van der Waals surface area (Å²) in [6.07, 6.45) is -8.83. The van der Waals surface area contributed by atoms with Gasteiger partial charge >= 0.3 is 18.4 Å². The summed E-state index contributed by atoms with van der Waals surface area (Å²) < 4.78 is 110. The molecule has 18 heteroatoms. The Bertz CT molecular complexity index is 1580. The van der Waals surface area contributed by atoms with E-state index in [9.17, 15) is 39.6 Å². The van der Waals surface area contributed by atoms with Gasteiger partial charge in [-0.2, -0.15) is 45.6 Å². The van der Waals surface area contributed by atoms with E-state index in [4.69, 9.17) is 0 Å². The number of sulfonamides is 1. The Morgan fingerprint density at radius 2 is 1.61 bits per heavy atom. The van der Waals surface area contributed by atoms with E-state index in [0.717, 1.165) is 18.2 Å². The molecule has 11 nitrogen and oxygen atoms in total. The molecule has 1 aliphatic rings. The number of aromatic nitrogens is 3. The van der Waals surface area contributed by atoms with Gasteiger partial charge in [-0.3, -0.25) is 4.79 Å². The normalized spacial score (nSPS) is 15.1. The van der Waals surface area contributed by atoms with Gasteiger partial charge in [0, 0.05) is 44.5 Å². The summed E-state index contributed by atoms with van der Waals surface area (Å²) in [5, 5.41) is 5.43. The van der Waals surface area contributed by atoms with Crippen LogP contribution in [0.5, 0.6) is 6.01 Å². The van der Waals surface area contributed by atoms with Crippen LogP contribution in [0, 0.1) is 0 Å². The van der Waals surface area contributed by atoms with Crippen LogP contribution in [0.15, 0.2) is 53.4 Å². The molecule has 3 aromatic rings. The Kier molecular flexibility index (Phi) is 9.53. The largest absolute Gasteiger partial charge is 0.454 e. The van der Waals surface area contributed by atoms with Gasteiger partial charge in [0.15, 0.2) is 6.61 Å². The molecule has 0 bridgehead atoms. The molecule has 0 radical (unpaired) electrons. The lowest BCUT2D eigenvalue weighted by Crippen LogP contribution is -2.42. The number of nitrogens with zero attached hydrogens (tertiary/aromatic N) is 5. The highest BCUT2D eigenvalue weighted by Gasteiger charge is 2.32. The number of halogens is 6. The SMILES string of the molecule is CN(C)C(=O)c1ccc(S(=O)(=O)N2CCC(Nc3nc(Nc4cccc(C(F)(F)F)c4)nc(OCC(F)(F)F)n3)CC2)cc1. The Morgan fingerprint density at radius 1 is 0.977 bits per heavy atom. The van der Waals surface area contributed by atoms with Crippen molar-refractivity contribution in [2.75, 3.05) is 44.4 Å². The van der Waals surface area contributed by atoms with Crippen LogP contribution in [0.3, 0.4) is 0 Å². The van der Waals surface area contributed by atoms with E-state index in [1.54, 1.807) is 14.1 Å². The summed E-state index contributed by atoms with van der Waals surface area (Å²) in [4.78, 5) is 25.1. The van der Waals surface area contributed by atoms with Crippen LogP contribution < -0.4 is 15.4 Å². The third-order valence-corrected chi connectivity index (χ3v) is 8.27. The molecule has 0 saturated carbocycles. The number of ether oxygens (including phenoxy) is 1. The van der Waals surface area contributed by atoms with Gasteiger partial charge in [-0.1, -0.05) is 6.07 Å². The molecule has 0 unspecified atom stereocenters. The number of rotatable bonds is 9. The van der Waals surface area contributed by atoms with E-state index < -0.39 is 46.6 Å². The maximum atomic E-state index is 13.2. The molecule has 1 fully saturated rings. The van der Waals surface area contributed by atoms with E-state index in [0.29, 0.717) is 5.56 Å². The predicted octanol–water partition coefficient (Wildman–Crippen LogP) is 4.54. The molecule has 238 valence electrons. The Morgan fingerprint density at radius 3 is 2.20 bits per heavy atom. The molecule has 2 N–H and O–H groups in total. The molecular weight excluding hydrogens is 620 g/mol. The van der Waals surface area contributed by atoms with E-state index in [1.807, 2.05) is 0 Å². The standard InChI is InChI=1S/C26H27F6N7O4S/c1-38(2)21(40)16-6-8-20(9-7-16)44(41,42)39-12-10-18(11-13-39)33-22-35-23(37-24(36-22)43-15-25(27,28)29)34-19-5-3-4-17(14-19)26(30,31)32/h3-9,14,18H,10-13,15H2,1-2H3,(H2,33,34,35,36,37). The molecule has 0 atom stereocenters. The highest BCUT2D eigenvalue weighted by atomic mass is 32.2. The van der Waals surface area contributed by atoms with Crippen LogP contribution in [0.2, 0.25) is 0 Å². The number of nitrogens with one attached hydrogen (secondary N) is 2. The van der Waals surface area contributed by atoms with E-state index in [1.165, 1.54) is 39.5 Å². The molecule has 0 spiro atoms. The minimum atomic E-state index is -4.71. The number of carbonyl (C=O) groups is 1. The van der Waals surface area contributed by atoms with Gasteiger partial charge in [0.1, 0.15) is 0 Å². The first-order valence-corrected chi connectivity index (χ1v) is 14.4. The number of hydrogen-bond donors (Lipinski definition) is 2. The van der Waals surface area contributed by atoms with Gasteiger partial charge in [-0.05, 0) is 55.3 Å². The van der Waals surface area contributed by atoms with E-state index >= 15 is 0 Å². The Hall–Kier alpha value is -4.19. The number of hydrogen-bond acceptors (Lipinski definition) is 9. The highest BCUT2D eigenvalue weighted by molar-refractivity contribution is 7.89. The van der Waals surface area contributed by atoms with Crippen molar-refractivity contribution >= 4 is 33.5 Å². The molecule has 2 heterocycles. The zero-order chi connectivity index (χ0) is 32.3. The second-order valence-corrected chi connectivity index (χ2v) is 11.9. The fourth-order valence-electron chi connectivity index (χ4n) is 4.19. The highest BCUT2D eigenvalue weighted by Crippen LogP contribution is 2.31. The molecule has 1 saturated heterocycles. The number of piperidine rings is 1. The van der Waals surface area contributed by atoms with Crippen molar-refractivity contribution in [3.05, 3.63) is 59.7 Å². The number of benzene rings is 2. The third kappa shape index (κ3) is 8.46. The van der Waals surface area contributed by atoms with Gasteiger partial charge < -0.3 is 20.3 Å². The molecular formula is C26H27F6N7O4S. The topological polar surface area (TPSA) is 130 Å². The summed E-state index contributed by atoms with van der Waals surface area (Å²) in [5.74, 6) is -0.886. The first kappa shape index (κ1) is 32.7. The van der Waals surface area contributed by atoms with Gasteiger partial charge in [0.25, 0.3) is 5.91 Å². The molecule has 1 aliphatic heterocycles. The van der Waals surface area contributed by atoms with Crippen LogP contribution in [0.4, 0.5) is 43.9 Å². The molecule has 4 rings (SSSR count). The lowest BCUT2D eigenvalue weighted by atomic mass is 10.1. The van der Waals surface area contributed by atoms with Crippen LogP contribution in [-0.2, 0) is 16.2 Å². The number of amides is 1. The predicted molar refractivity (Wildman–Crippen MR) is 146 cm³/mol. The Balaban J connectivity index is 1.46. The van der Waals surface area contributed by atoms with E-state index in [2.05, 4.69) is 30.3 Å². The summed E-state index contributed by atoms with van der Waals surface area (Å²) in [5.41, 5.74) is -0.728. The number of anilines is 3.